The molecule has 0 saturated carbocycles. The van der Waals surface area contributed by atoms with Gasteiger partial charge in [-0.15, -0.1) is 34.9 Å². The minimum atomic E-state index is 0. The summed E-state index contributed by atoms with van der Waals surface area (Å²) in [5.74, 6) is 0. The number of fused-ring (bicyclic) bond motifs is 3. The molecule has 47 heavy (non-hydrogen) atoms. The normalized spacial score (nSPS) is 11.3. The molecule has 0 radical (unpaired) electrons. The van der Waals surface area contributed by atoms with Crippen molar-refractivity contribution in [1.82, 2.24) is 0 Å². The van der Waals surface area contributed by atoms with Crippen LogP contribution in [0.2, 0.25) is 0 Å². The van der Waals surface area contributed by atoms with E-state index >= 15 is 0 Å². The van der Waals surface area contributed by atoms with Gasteiger partial charge in [-0.2, -0.15) is 35.9 Å². The van der Waals surface area contributed by atoms with E-state index < -0.39 is 0 Å². The summed E-state index contributed by atoms with van der Waals surface area (Å²) in [5.41, 5.74) is 14.0. The van der Waals surface area contributed by atoms with Crippen molar-refractivity contribution in [2.45, 2.75) is 58.8 Å². The molecule has 6 aromatic rings. The van der Waals surface area contributed by atoms with E-state index in [1.165, 1.54) is 83.1 Å². The van der Waals surface area contributed by atoms with Gasteiger partial charge in [-0.1, -0.05) is 81.6 Å². The van der Waals surface area contributed by atoms with E-state index in [9.17, 15) is 0 Å². The number of thiophene rings is 1. The van der Waals surface area contributed by atoms with Gasteiger partial charge in [0, 0.05) is 0 Å². The van der Waals surface area contributed by atoms with Crippen LogP contribution in [0.15, 0.2) is 132 Å². The quantitative estimate of drug-likeness (QED) is 0.207. The Bertz CT molecular complexity index is 1690. The Labute approximate surface area is 313 Å². The van der Waals surface area contributed by atoms with Crippen molar-refractivity contribution >= 4 is 14.5 Å². The van der Waals surface area contributed by atoms with Gasteiger partial charge in [0.1, 0.15) is 0 Å². The van der Waals surface area contributed by atoms with Crippen molar-refractivity contribution < 1.29 is 49.0 Å². The fraction of sp³-hybridized carbons (Fsp3) is 0.209. The Kier molecular flexibility index (Phi) is 14.1. The topological polar surface area (TPSA) is 0 Å². The van der Waals surface area contributed by atoms with Crippen LogP contribution >= 0.6 is 11.3 Å². The van der Waals surface area contributed by atoms with Gasteiger partial charge in [0.05, 0.1) is 0 Å². The minimum Gasteiger partial charge on any atom is -0.201 e. The van der Waals surface area contributed by atoms with Crippen molar-refractivity contribution in [3.63, 3.8) is 0 Å². The molecular formula is C43H42Cl2SZr-2. The molecule has 4 heteroatoms. The first-order valence-electron chi connectivity index (χ1n) is 15.6. The Morgan fingerprint density at radius 3 is 1.77 bits per heavy atom. The van der Waals surface area contributed by atoms with Gasteiger partial charge in [-0.05, 0) is 28.4 Å². The monoisotopic (exact) mass is 750 g/mol. The maximum absolute atomic E-state index is 3.67. The van der Waals surface area contributed by atoms with Gasteiger partial charge in [-0.3, -0.25) is 0 Å². The molecule has 7 rings (SSSR count). The third-order valence-electron chi connectivity index (χ3n) is 8.11. The van der Waals surface area contributed by atoms with Gasteiger partial charge in [0.15, 0.2) is 0 Å². The molecule has 0 atom stereocenters. The van der Waals surface area contributed by atoms with E-state index in [2.05, 4.69) is 180 Å². The molecule has 5 aromatic carbocycles. The van der Waals surface area contributed by atoms with E-state index in [1.807, 2.05) is 0 Å². The SMILES string of the molecule is CC(C)(C)c1[c-]c2c(cc1)-c1ccc(C(C)(C)C)cc1C2.[Cl-].[Cl-].[Zr+2]=[C](c1ccccc1)c1ccccc1.c1cc[c-](-c2ccsc2)c1. The molecule has 0 amide bonds. The maximum Gasteiger partial charge on any atom is -0.0501 e. The molecule has 0 fully saturated rings. The Balaban J connectivity index is 0.000000200. The Morgan fingerprint density at radius 1 is 0.681 bits per heavy atom. The van der Waals surface area contributed by atoms with Crippen LogP contribution in [-0.2, 0) is 41.5 Å². The van der Waals surface area contributed by atoms with Gasteiger partial charge in [0.25, 0.3) is 0 Å². The molecule has 1 aromatic heterocycles. The molecule has 0 bridgehead atoms. The van der Waals surface area contributed by atoms with Gasteiger partial charge < -0.3 is 24.8 Å². The molecule has 0 unspecified atom stereocenters. The second kappa shape index (κ2) is 17.1. The van der Waals surface area contributed by atoms with Crippen molar-refractivity contribution in [3.8, 4) is 22.3 Å². The summed E-state index contributed by atoms with van der Waals surface area (Å²) in [6, 6.07) is 46.8. The largest absolute Gasteiger partial charge is 0.201 e. The number of hydrogen-bond donors (Lipinski definition) is 0. The van der Waals surface area contributed by atoms with Gasteiger partial charge >= 0.3 is 99.2 Å². The molecule has 240 valence electrons. The average Bonchev–Trinajstić information content (AvgIpc) is 3.82. The van der Waals surface area contributed by atoms with Crippen LogP contribution < -0.4 is 24.8 Å². The molecular weight excluding hydrogens is 711 g/mol. The Morgan fingerprint density at radius 2 is 1.26 bits per heavy atom. The summed E-state index contributed by atoms with van der Waals surface area (Å²) >= 11 is 3.20. The van der Waals surface area contributed by atoms with Crippen molar-refractivity contribution in [3.05, 3.63) is 172 Å². The first kappa shape index (κ1) is 38.7. The van der Waals surface area contributed by atoms with Crippen LogP contribution in [0.4, 0.5) is 0 Å². The fourth-order valence-corrected chi connectivity index (χ4v) is 6.88. The minimum absolute atomic E-state index is 0. The molecule has 0 saturated heterocycles. The van der Waals surface area contributed by atoms with Crippen LogP contribution in [0.5, 0.6) is 0 Å². The third-order valence-corrected chi connectivity index (χ3v) is 10.2. The molecule has 0 nitrogen and oxygen atoms in total. The molecule has 0 aliphatic heterocycles. The van der Waals surface area contributed by atoms with E-state index in [0.717, 1.165) is 6.42 Å². The van der Waals surface area contributed by atoms with Crippen molar-refractivity contribution in [2.24, 2.45) is 0 Å². The number of halogens is 2. The van der Waals surface area contributed by atoms with Gasteiger partial charge in [-0.25, -0.2) is 11.3 Å². The van der Waals surface area contributed by atoms with Crippen molar-refractivity contribution in [2.75, 3.05) is 0 Å². The molecule has 1 aliphatic rings. The van der Waals surface area contributed by atoms with E-state index in [1.54, 1.807) is 11.3 Å². The molecule has 0 N–H and O–H groups in total. The summed E-state index contributed by atoms with van der Waals surface area (Å²) in [5, 5.41) is 4.26. The number of rotatable bonds is 3. The molecule has 1 aliphatic carbocycles. The first-order chi connectivity index (χ1) is 21.5. The predicted octanol–water partition coefficient (Wildman–Crippen LogP) is 5.60. The smallest absolute Gasteiger partial charge is 0.0501 e. The summed E-state index contributed by atoms with van der Waals surface area (Å²) in [6.45, 7) is 13.6. The third kappa shape index (κ3) is 10.1. The summed E-state index contributed by atoms with van der Waals surface area (Å²) in [7, 11) is 0. The summed E-state index contributed by atoms with van der Waals surface area (Å²) in [6.07, 6.45) is 1.03. The van der Waals surface area contributed by atoms with Crippen LogP contribution in [0, 0.1) is 6.07 Å². The van der Waals surface area contributed by atoms with Crippen LogP contribution in [0.25, 0.3) is 22.3 Å². The van der Waals surface area contributed by atoms with Crippen LogP contribution in [0.1, 0.15) is 74.9 Å². The first-order valence-corrected chi connectivity index (χ1v) is 17.8. The number of hydrogen-bond acceptors (Lipinski definition) is 1. The van der Waals surface area contributed by atoms with Gasteiger partial charge in [0.2, 0.25) is 0 Å². The van der Waals surface area contributed by atoms with Crippen LogP contribution in [0.3, 0.4) is 0 Å². The summed E-state index contributed by atoms with van der Waals surface area (Å²) < 4.78 is 1.42. The second-order valence-electron chi connectivity index (χ2n) is 13.6. The van der Waals surface area contributed by atoms with Crippen LogP contribution in [-0.4, -0.2) is 3.21 Å². The zero-order valence-corrected chi connectivity index (χ0v) is 32.9. The maximum atomic E-state index is 3.67. The second-order valence-corrected chi connectivity index (χ2v) is 15.6. The van der Waals surface area contributed by atoms with E-state index in [4.69, 9.17) is 0 Å². The van der Waals surface area contributed by atoms with Crippen molar-refractivity contribution in [1.29, 1.82) is 0 Å². The van der Waals surface area contributed by atoms with E-state index in [-0.39, 0.29) is 35.6 Å². The fourth-order valence-electron chi connectivity index (χ4n) is 5.40. The molecule has 0 spiro atoms. The predicted molar refractivity (Wildman–Crippen MR) is 192 cm³/mol. The zero-order chi connectivity index (χ0) is 32.0. The van der Waals surface area contributed by atoms with E-state index in [0.29, 0.717) is 0 Å². The average molecular weight is 753 g/mol. The zero-order valence-electron chi connectivity index (χ0n) is 28.1. The Hall–Kier alpha value is -2.74. The number of benzene rings is 4. The summed E-state index contributed by atoms with van der Waals surface area (Å²) in [4.78, 5) is 0. The molecule has 1 heterocycles. The standard InChI is InChI=1S/C21H25.C13H10.C9H7S.2ClH.Zr/c1-20(2,3)16-7-9-18-14(12-16)11-15-13-17(21(4,5)6)8-10-19(15)18;1-3-7-12(8-4-1)11-13-9-5-2-6-10-13;1-2-4-8(3-1)9-5-6-10-7-9;;;/h7-10,12H,11H2,1-6H3;1-10H;1-7H;2*1H;/q-1;;-1;;;+2/p-2.